The summed E-state index contributed by atoms with van der Waals surface area (Å²) in [6.07, 6.45) is 4.24. The molecule has 3 heterocycles. The van der Waals surface area contributed by atoms with Gasteiger partial charge in [-0.3, -0.25) is 19.4 Å². The molecule has 0 radical (unpaired) electrons. The highest BCUT2D eigenvalue weighted by Gasteiger charge is 2.46. The summed E-state index contributed by atoms with van der Waals surface area (Å²) in [5, 5.41) is 6.78. The fraction of sp³-hybridized carbons (Fsp3) is 0.538. The Morgan fingerprint density at radius 3 is 2.80 bits per heavy atom. The maximum atomic E-state index is 13.6. The van der Waals surface area contributed by atoms with Crippen LogP contribution in [0.1, 0.15) is 42.6 Å². The summed E-state index contributed by atoms with van der Waals surface area (Å²) in [4.78, 5) is 48.1. The van der Waals surface area contributed by atoms with Crippen LogP contribution in [0.2, 0.25) is 0 Å². The molecule has 0 spiro atoms. The molecule has 1 aliphatic carbocycles. The number of likely N-dealkylation sites (tertiary alicyclic amines) is 1. The number of ether oxygens (including phenoxy) is 1. The van der Waals surface area contributed by atoms with Crippen molar-refractivity contribution in [3.8, 4) is 5.75 Å². The number of hydrogen-bond acceptors (Lipinski definition) is 5. The van der Waals surface area contributed by atoms with Crippen LogP contribution in [-0.4, -0.2) is 73.2 Å². The van der Waals surface area contributed by atoms with E-state index in [1.54, 1.807) is 18.1 Å². The molecule has 3 N–H and O–H groups in total. The lowest BCUT2D eigenvalue weighted by Crippen LogP contribution is -2.50. The zero-order valence-corrected chi connectivity index (χ0v) is 20.1. The van der Waals surface area contributed by atoms with E-state index in [9.17, 15) is 14.4 Å². The molecule has 2 aliphatic heterocycles. The molecule has 2 saturated heterocycles. The first-order valence-corrected chi connectivity index (χ1v) is 12.5. The van der Waals surface area contributed by atoms with Crippen LogP contribution in [0.4, 0.5) is 0 Å². The number of aromatic amines is 1. The number of benzene rings is 1. The lowest BCUT2D eigenvalue weighted by Gasteiger charge is -2.26. The number of carbonyl (C=O) groups is 3. The lowest BCUT2D eigenvalue weighted by molar-refractivity contribution is -0.127. The average molecular weight is 480 g/mol. The van der Waals surface area contributed by atoms with Crippen molar-refractivity contribution in [1.29, 1.82) is 0 Å². The Hall–Kier alpha value is -3.36. The minimum Gasteiger partial charge on any atom is -0.496 e. The second kappa shape index (κ2) is 9.71. The van der Waals surface area contributed by atoms with Gasteiger partial charge in [-0.25, -0.2) is 0 Å². The van der Waals surface area contributed by atoms with Gasteiger partial charge in [-0.15, -0.1) is 0 Å². The van der Waals surface area contributed by atoms with Gasteiger partial charge in [0.25, 0.3) is 5.91 Å². The predicted molar refractivity (Wildman–Crippen MR) is 133 cm³/mol. The van der Waals surface area contributed by atoms with Crippen molar-refractivity contribution >= 4 is 35.3 Å². The molecule has 0 unspecified atom stereocenters. The number of nitrogens with zero attached hydrogens (tertiary/aromatic N) is 2. The Morgan fingerprint density at radius 1 is 1.29 bits per heavy atom. The lowest BCUT2D eigenvalue weighted by atomic mass is 9.97. The minimum absolute atomic E-state index is 0.0222. The Balaban J connectivity index is 1.35. The zero-order chi connectivity index (χ0) is 24.5. The molecule has 35 heavy (non-hydrogen) atoms. The molecule has 1 aromatic heterocycles. The van der Waals surface area contributed by atoms with E-state index in [0.717, 1.165) is 30.2 Å². The summed E-state index contributed by atoms with van der Waals surface area (Å²) < 4.78 is 5.44. The summed E-state index contributed by atoms with van der Waals surface area (Å²) in [6.45, 7) is 5.15. The van der Waals surface area contributed by atoms with Crippen molar-refractivity contribution in [3.05, 3.63) is 30.0 Å². The van der Waals surface area contributed by atoms with Crippen molar-refractivity contribution < 1.29 is 19.1 Å². The van der Waals surface area contributed by atoms with Crippen molar-refractivity contribution in [1.82, 2.24) is 20.5 Å². The van der Waals surface area contributed by atoms with Crippen LogP contribution in [-0.2, 0) is 9.59 Å². The fourth-order valence-corrected chi connectivity index (χ4v) is 5.67. The van der Waals surface area contributed by atoms with Crippen molar-refractivity contribution in [2.75, 3.05) is 26.7 Å². The maximum Gasteiger partial charge on any atom is 0.270 e. The quantitative estimate of drug-likeness (QED) is 0.478. The molecule has 4 atom stereocenters. The van der Waals surface area contributed by atoms with Gasteiger partial charge >= 0.3 is 0 Å². The number of hydrogen-bond donors (Lipinski definition) is 3. The third-order valence-electron chi connectivity index (χ3n) is 7.69. The van der Waals surface area contributed by atoms with E-state index in [-0.39, 0.29) is 29.7 Å². The van der Waals surface area contributed by atoms with Crippen LogP contribution in [0, 0.1) is 17.8 Å². The van der Waals surface area contributed by atoms with E-state index >= 15 is 0 Å². The Labute approximate surface area is 204 Å². The predicted octanol–water partition coefficient (Wildman–Crippen LogP) is 2.13. The van der Waals surface area contributed by atoms with Gasteiger partial charge in [-0.2, -0.15) is 0 Å². The molecule has 3 fully saturated rings. The van der Waals surface area contributed by atoms with Gasteiger partial charge in [0.05, 0.1) is 13.7 Å². The van der Waals surface area contributed by atoms with E-state index in [4.69, 9.17) is 4.74 Å². The van der Waals surface area contributed by atoms with Crippen molar-refractivity contribution in [3.63, 3.8) is 0 Å². The molecule has 186 valence electrons. The van der Waals surface area contributed by atoms with Gasteiger partial charge < -0.3 is 25.3 Å². The van der Waals surface area contributed by atoms with Gasteiger partial charge in [-0.05, 0) is 68.9 Å². The van der Waals surface area contributed by atoms with Crippen LogP contribution in [0.3, 0.4) is 0 Å². The zero-order valence-electron chi connectivity index (χ0n) is 20.1. The van der Waals surface area contributed by atoms with E-state index in [1.807, 2.05) is 18.2 Å². The van der Waals surface area contributed by atoms with Crippen molar-refractivity contribution in [2.45, 2.75) is 44.2 Å². The number of nitrogens with one attached hydrogen (secondary N) is 3. The molecule has 9 heteroatoms. The first-order valence-electron chi connectivity index (χ1n) is 12.5. The molecule has 3 amide bonds. The molecule has 0 bridgehead atoms. The standard InChI is InChI=1S/C26H33N5O4/c1-27-13-18(10-16-8-9-28-24(16)32)29-25(33)22-11-17(15-6-7-15)14-31(22)26(34)21-12-19-20(30-21)4-3-5-23(19)35-2/h3-5,12,15-18,22,30H,1,6-11,13-14H2,2H3,(H,28,32)(H,29,33)/t16-,17+,18-,22-/m0/s1. The van der Waals surface area contributed by atoms with E-state index < -0.39 is 6.04 Å². The third kappa shape index (κ3) is 4.76. The van der Waals surface area contributed by atoms with E-state index in [1.165, 1.54) is 0 Å². The number of fused-ring (bicyclic) bond motifs is 1. The molecule has 9 nitrogen and oxygen atoms in total. The topological polar surface area (TPSA) is 116 Å². The van der Waals surface area contributed by atoms with Gasteiger partial charge in [0.2, 0.25) is 11.8 Å². The number of H-pyrrole nitrogens is 1. The number of aromatic nitrogens is 1. The minimum atomic E-state index is -0.550. The summed E-state index contributed by atoms with van der Waals surface area (Å²) in [5.41, 5.74) is 1.27. The molecule has 1 aromatic carbocycles. The Kier molecular flexibility index (Phi) is 6.49. The number of amides is 3. The van der Waals surface area contributed by atoms with Crippen LogP contribution in [0.15, 0.2) is 29.3 Å². The maximum absolute atomic E-state index is 13.6. The summed E-state index contributed by atoms with van der Waals surface area (Å²) in [5.74, 6) is 1.13. The molecule has 2 aromatic rings. The second-order valence-corrected chi connectivity index (χ2v) is 10.0. The first kappa shape index (κ1) is 23.4. The average Bonchev–Trinajstić information content (AvgIpc) is 3.26. The number of rotatable bonds is 9. The number of methoxy groups -OCH3 is 1. The second-order valence-electron chi connectivity index (χ2n) is 10.0. The van der Waals surface area contributed by atoms with E-state index in [0.29, 0.717) is 55.8 Å². The number of carbonyl (C=O) groups excluding carboxylic acids is 3. The molecule has 5 rings (SSSR count). The summed E-state index contributed by atoms with van der Waals surface area (Å²) >= 11 is 0. The summed E-state index contributed by atoms with van der Waals surface area (Å²) in [6, 6.07) is 6.60. The SMILES string of the molecule is C=NC[C@H](C[C@@H]1CCNC1=O)NC(=O)[C@@H]1C[C@@H](C2CC2)CN1C(=O)c1cc2c(OC)cccc2[nH]1. The van der Waals surface area contributed by atoms with Crippen LogP contribution < -0.4 is 15.4 Å². The van der Waals surface area contributed by atoms with Gasteiger partial charge in [0.1, 0.15) is 17.5 Å². The van der Waals surface area contributed by atoms with Crippen LogP contribution in [0.5, 0.6) is 5.75 Å². The molecule has 3 aliphatic rings. The molecule has 1 saturated carbocycles. The molecular formula is C26H33N5O4. The number of aliphatic imine (C=N–C) groups is 1. The highest BCUT2D eigenvalue weighted by molar-refractivity contribution is 6.01. The van der Waals surface area contributed by atoms with Crippen molar-refractivity contribution in [2.24, 2.45) is 22.7 Å². The highest BCUT2D eigenvalue weighted by Crippen LogP contribution is 2.43. The normalized spacial score (nSPS) is 24.9. The largest absolute Gasteiger partial charge is 0.496 e. The molecular weight excluding hydrogens is 446 g/mol. The first-order chi connectivity index (χ1) is 17.0. The van der Waals surface area contributed by atoms with Gasteiger partial charge in [0.15, 0.2) is 0 Å². The van der Waals surface area contributed by atoms with Gasteiger partial charge in [-0.1, -0.05) is 6.07 Å². The van der Waals surface area contributed by atoms with Crippen LogP contribution in [0.25, 0.3) is 10.9 Å². The van der Waals surface area contributed by atoms with Gasteiger partial charge in [0, 0.05) is 36.0 Å². The summed E-state index contributed by atoms with van der Waals surface area (Å²) in [7, 11) is 1.61. The highest BCUT2D eigenvalue weighted by atomic mass is 16.5. The van der Waals surface area contributed by atoms with Crippen LogP contribution >= 0.6 is 0 Å². The Morgan fingerprint density at radius 2 is 2.11 bits per heavy atom. The smallest absolute Gasteiger partial charge is 0.270 e. The third-order valence-corrected chi connectivity index (χ3v) is 7.69. The monoisotopic (exact) mass is 479 g/mol. The fourth-order valence-electron chi connectivity index (χ4n) is 5.67. The Bertz CT molecular complexity index is 1140. The van der Waals surface area contributed by atoms with E-state index in [2.05, 4.69) is 27.3 Å².